The van der Waals surface area contributed by atoms with Crippen molar-refractivity contribution in [2.45, 2.75) is 96.6 Å². The van der Waals surface area contributed by atoms with Gasteiger partial charge in [-0.05, 0) is 50.4 Å². The van der Waals surface area contributed by atoms with Crippen LogP contribution >= 0.6 is 0 Å². The Morgan fingerprint density at radius 3 is 1.97 bits per heavy atom. The van der Waals surface area contributed by atoms with E-state index in [0.717, 1.165) is 25.7 Å². The minimum absolute atomic E-state index is 0.183. The number of nitrogens with one attached hydrogen (secondary N) is 2. The van der Waals surface area contributed by atoms with E-state index in [4.69, 9.17) is 4.74 Å². The zero-order valence-corrected chi connectivity index (χ0v) is 19.5. The molecule has 0 aromatic carbocycles. The van der Waals surface area contributed by atoms with E-state index in [1.165, 1.54) is 18.7 Å². The highest BCUT2D eigenvalue weighted by Crippen LogP contribution is 2.25. The van der Waals surface area contributed by atoms with Gasteiger partial charge < -0.3 is 20.3 Å². The summed E-state index contributed by atoms with van der Waals surface area (Å²) in [5.74, 6) is -4.45. The minimum Gasteiger partial charge on any atom is -0.446 e. The molecule has 188 valence electrons. The Morgan fingerprint density at radius 2 is 1.45 bits per heavy atom. The molecule has 0 radical (unpaired) electrons. The first-order valence-corrected chi connectivity index (χ1v) is 11.5. The number of carbonyl (C=O) groups excluding carboxylic acids is 4. The van der Waals surface area contributed by atoms with Crippen LogP contribution in [0.25, 0.3) is 0 Å². The van der Waals surface area contributed by atoms with Gasteiger partial charge in [0.25, 0.3) is 5.78 Å². The summed E-state index contributed by atoms with van der Waals surface area (Å²) < 4.78 is 44.2. The summed E-state index contributed by atoms with van der Waals surface area (Å²) in [5, 5.41) is 4.78. The van der Waals surface area contributed by atoms with Gasteiger partial charge in [-0.2, -0.15) is 13.2 Å². The maximum Gasteiger partial charge on any atom is 0.452 e. The molecule has 0 spiro atoms. The number of hydrogen-bond acceptors (Lipinski definition) is 5. The Bertz CT molecular complexity index is 735. The second-order valence-corrected chi connectivity index (χ2v) is 9.46. The van der Waals surface area contributed by atoms with Gasteiger partial charge in [0.15, 0.2) is 0 Å². The molecule has 11 heteroatoms. The number of carbonyl (C=O) groups is 4. The third kappa shape index (κ3) is 7.07. The lowest BCUT2D eigenvalue weighted by atomic mass is 9.98. The van der Waals surface area contributed by atoms with Crippen molar-refractivity contribution in [3.8, 4) is 0 Å². The number of halogens is 3. The van der Waals surface area contributed by atoms with Crippen molar-refractivity contribution < 1.29 is 37.1 Å². The molecule has 1 aliphatic carbocycles. The summed E-state index contributed by atoms with van der Waals surface area (Å²) in [4.78, 5) is 51.4. The fourth-order valence-corrected chi connectivity index (χ4v) is 4.27. The number of hydrogen-bond donors (Lipinski definition) is 2. The van der Waals surface area contributed by atoms with Crippen molar-refractivity contribution in [2.75, 3.05) is 6.54 Å². The lowest BCUT2D eigenvalue weighted by Crippen LogP contribution is -2.58. The first kappa shape index (κ1) is 26.9. The molecule has 3 amide bonds. The van der Waals surface area contributed by atoms with Crippen LogP contribution in [0.15, 0.2) is 0 Å². The number of ketones is 1. The van der Waals surface area contributed by atoms with Crippen LogP contribution in [0.5, 0.6) is 0 Å². The summed E-state index contributed by atoms with van der Waals surface area (Å²) in [5.41, 5.74) is 0. The number of ether oxygens (including phenoxy) is 1. The van der Waals surface area contributed by atoms with Gasteiger partial charge in [-0.1, -0.05) is 27.7 Å². The minimum atomic E-state index is -5.08. The zero-order valence-electron chi connectivity index (χ0n) is 19.5. The molecule has 0 aromatic heterocycles. The summed E-state index contributed by atoms with van der Waals surface area (Å²) in [6, 6.07) is -3.71. The topological polar surface area (TPSA) is 105 Å². The maximum absolute atomic E-state index is 13.2. The molecule has 8 nitrogen and oxygen atoms in total. The van der Waals surface area contributed by atoms with Crippen molar-refractivity contribution in [1.82, 2.24) is 15.5 Å². The van der Waals surface area contributed by atoms with E-state index in [2.05, 4.69) is 10.6 Å². The molecule has 2 fully saturated rings. The van der Waals surface area contributed by atoms with Crippen molar-refractivity contribution >= 4 is 23.7 Å². The Kier molecular flexibility index (Phi) is 9.13. The predicted molar refractivity (Wildman–Crippen MR) is 113 cm³/mol. The zero-order chi connectivity index (χ0) is 24.9. The number of likely N-dealkylation sites (tertiary alicyclic amines) is 1. The van der Waals surface area contributed by atoms with Gasteiger partial charge in [0.05, 0.1) is 6.04 Å². The number of Topliss-reactive ketones (excluding diaryl/α,β-unsaturated/α-hetero) is 1. The number of alkyl carbamates (subject to hydrolysis) is 1. The highest BCUT2D eigenvalue weighted by Gasteiger charge is 2.46. The van der Waals surface area contributed by atoms with Gasteiger partial charge in [0.2, 0.25) is 11.8 Å². The van der Waals surface area contributed by atoms with Crippen LogP contribution in [0.3, 0.4) is 0 Å². The van der Waals surface area contributed by atoms with Crippen molar-refractivity contribution in [1.29, 1.82) is 0 Å². The van der Waals surface area contributed by atoms with E-state index in [0.29, 0.717) is 6.42 Å². The molecule has 0 aromatic rings. The number of amides is 3. The highest BCUT2D eigenvalue weighted by molar-refractivity contribution is 5.96. The highest BCUT2D eigenvalue weighted by atomic mass is 19.4. The van der Waals surface area contributed by atoms with Crippen molar-refractivity contribution in [2.24, 2.45) is 11.8 Å². The first-order valence-electron chi connectivity index (χ1n) is 11.5. The van der Waals surface area contributed by atoms with E-state index in [1.807, 2.05) is 0 Å². The molecule has 0 bridgehead atoms. The van der Waals surface area contributed by atoms with Gasteiger partial charge in [0, 0.05) is 6.54 Å². The largest absolute Gasteiger partial charge is 0.452 e. The first-order chi connectivity index (χ1) is 15.3. The van der Waals surface area contributed by atoms with Crippen LogP contribution in [-0.2, 0) is 19.1 Å². The Balaban J connectivity index is 2.08. The number of rotatable bonds is 8. The molecule has 1 aliphatic heterocycles. The molecular formula is C22H34F3N3O5. The third-order valence-electron chi connectivity index (χ3n) is 6.15. The Morgan fingerprint density at radius 1 is 0.879 bits per heavy atom. The average Bonchev–Trinajstić information content (AvgIpc) is 3.39. The Hall–Kier alpha value is -2.33. The van der Waals surface area contributed by atoms with Crippen LogP contribution in [0.1, 0.15) is 66.2 Å². The van der Waals surface area contributed by atoms with E-state index >= 15 is 0 Å². The monoisotopic (exact) mass is 477 g/mol. The van der Waals surface area contributed by atoms with E-state index < -0.39 is 53.9 Å². The molecule has 2 N–H and O–H groups in total. The Labute approximate surface area is 192 Å². The summed E-state index contributed by atoms with van der Waals surface area (Å²) in [7, 11) is 0. The van der Waals surface area contributed by atoms with Gasteiger partial charge in [-0.25, -0.2) is 4.79 Å². The van der Waals surface area contributed by atoms with Gasteiger partial charge in [0.1, 0.15) is 18.2 Å². The lowest BCUT2D eigenvalue weighted by Gasteiger charge is -2.31. The maximum atomic E-state index is 13.2. The summed E-state index contributed by atoms with van der Waals surface area (Å²) in [6.07, 6.45) is -1.75. The molecule has 3 atom stereocenters. The average molecular weight is 478 g/mol. The molecule has 1 saturated carbocycles. The smallest absolute Gasteiger partial charge is 0.446 e. The van der Waals surface area contributed by atoms with E-state index in [1.54, 1.807) is 13.8 Å². The molecule has 0 unspecified atom stereocenters. The molecule has 1 saturated heterocycles. The van der Waals surface area contributed by atoms with Crippen molar-refractivity contribution in [3.63, 3.8) is 0 Å². The fourth-order valence-electron chi connectivity index (χ4n) is 4.27. The van der Waals surface area contributed by atoms with Crippen LogP contribution in [0, 0.1) is 11.8 Å². The van der Waals surface area contributed by atoms with Crippen molar-refractivity contribution in [3.05, 3.63) is 0 Å². The number of alkyl halides is 3. The summed E-state index contributed by atoms with van der Waals surface area (Å²) in [6.45, 7) is 6.50. The van der Waals surface area contributed by atoms with E-state index in [9.17, 15) is 32.3 Å². The van der Waals surface area contributed by atoms with Gasteiger partial charge in [-0.15, -0.1) is 0 Å². The quantitative estimate of drug-likeness (QED) is 0.559. The normalized spacial score (nSPS) is 21.2. The number of nitrogens with zero attached hydrogens (tertiary/aromatic N) is 1. The standard InChI is InChI=1S/C22H34F3N3O5/c1-12(2)16(18(29)22(23,24)25)26-19(30)15-10-7-11-28(15)20(31)17(13(3)4)27-21(32)33-14-8-5-6-9-14/h12-17H,5-11H2,1-4H3,(H,26,30)(H,27,32)/t15-,16+,17-/m0/s1. The molecule has 2 rings (SSSR count). The molecular weight excluding hydrogens is 443 g/mol. The van der Waals surface area contributed by atoms with E-state index in [-0.39, 0.29) is 25.0 Å². The molecule has 1 heterocycles. The van der Waals surface area contributed by atoms with Gasteiger partial charge in [-0.3, -0.25) is 14.4 Å². The summed E-state index contributed by atoms with van der Waals surface area (Å²) >= 11 is 0. The fraction of sp³-hybridized carbons (Fsp3) is 0.818. The second kappa shape index (κ2) is 11.2. The van der Waals surface area contributed by atoms with Crippen LogP contribution in [0.2, 0.25) is 0 Å². The third-order valence-corrected chi connectivity index (χ3v) is 6.15. The van der Waals surface area contributed by atoms with Crippen LogP contribution in [0.4, 0.5) is 18.0 Å². The molecule has 2 aliphatic rings. The van der Waals surface area contributed by atoms with Crippen LogP contribution < -0.4 is 10.6 Å². The van der Waals surface area contributed by atoms with Crippen LogP contribution in [-0.4, -0.2) is 65.5 Å². The predicted octanol–water partition coefficient (Wildman–Crippen LogP) is 2.94. The second-order valence-electron chi connectivity index (χ2n) is 9.46. The molecule has 33 heavy (non-hydrogen) atoms. The SMILES string of the molecule is CC(C)[C@H](NC(=O)OC1CCCC1)C(=O)N1CCC[C@H]1C(=O)N[C@@H](C(=O)C(F)(F)F)C(C)C. The van der Waals surface area contributed by atoms with Gasteiger partial charge >= 0.3 is 12.3 Å². The lowest BCUT2D eigenvalue weighted by molar-refractivity contribution is -0.175.